The second-order valence-corrected chi connectivity index (χ2v) is 4.42. The number of nitrogens with zero attached hydrogens (tertiary/aromatic N) is 1. The highest BCUT2D eigenvalue weighted by Gasteiger charge is 2.08. The fourth-order valence-electron chi connectivity index (χ4n) is 1.24. The number of pyridine rings is 1. The number of anilines is 1. The van der Waals surface area contributed by atoms with Crippen molar-refractivity contribution in [1.82, 2.24) is 9.97 Å². The summed E-state index contributed by atoms with van der Waals surface area (Å²) in [7, 11) is 0. The van der Waals surface area contributed by atoms with Crippen molar-refractivity contribution >= 4 is 22.4 Å². The van der Waals surface area contributed by atoms with E-state index in [0.717, 1.165) is 0 Å². The Labute approximate surface area is 112 Å². The number of hydrogen-bond acceptors (Lipinski definition) is 5. The fraction of sp³-hybridized carbons (Fsp3) is 0.0833. The smallest absolute Gasteiger partial charge is 0.258 e. The molecule has 1 amide bonds. The monoisotopic (exact) mass is 275 g/mol. The molecule has 2 heterocycles. The molecule has 3 N–H and O–H groups in total. The highest BCUT2D eigenvalue weighted by molar-refractivity contribution is 7.16. The third-order valence-electron chi connectivity index (χ3n) is 2.06. The second-order valence-electron chi connectivity index (χ2n) is 3.39. The lowest BCUT2D eigenvalue weighted by Gasteiger charge is -1.99. The minimum Gasteiger partial charge on any atom is -0.384 e. The first kappa shape index (κ1) is 13.0. The number of aromatic amines is 1. The lowest BCUT2D eigenvalue weighted by molar-refractivity contribution is 0.102. The van der Waals surface area contributed by atoms with Crippen LogP contribution in [-0.2, 0) is 0 Å². The molecule has 0 aromatic carbocycles. The van der Waals surface area contributed by atoms with Gasteiger partial charge in [0.1, 0.15) is 6.61 Å². The summed E-state index contributed by atoms with van der Waals surface area (Å²) in [5.41, 5.74) is 0.0603. The molecule has 0 unspecified atom stereocenters. The van der Waals surface area contributed by atoms with Crippen LogP contribution in [-0.4, -0.2) is 27.6 Å². The highest BCUT2D eigenvalue weighted by Crippen LogP contribution is 2.17. The Hall–Kier alpha value is -2.43. The highest BCUT2D eigenvalue weighted by atomic mass is 32.1. The molecule has 2 rings (SSSR count). The molecule has 0 atom stereocenters. The van der Waals surface area contributed by atoms with E-state index in [1.165, 1.54) is 35.9 Å². The van der Waals surface area contributed by atoms with Crippen LogP contribution >= 0.6 is 11.3 Å². The Kier molecular flexibility index (Phi) is 4.07. The summed E-state index contributed by atoms with van der Waals surface area (Å²) in [6, 6.07) is 2.70. The third-order valence-corrected chi connectivity index (χ3v) is 2.89. The SMILES string of the molecule is O=C(Nc1ncc(C#CCO)s1)c1ccc(=O)[nH]c1. The number of rotatable bonds is 2. The summed E-state index contributed by atoms with van der Waals surface area (Å²) in [4.78, 5) is 29.7. The maximum Gasteiger partial charge on any atom is 0.258 e. The van der Waals surface area contributed by atoms with Crippen molar-refractivity contribution in [3.05, 3.63) is 45.3 Å². The zero-order chi connectivity index (χ0) is 13.7. The lowest BCUT2D eigenvalue weighted by Crippen LogP contribution is -2.14. The van der Waals surface area contributed by atoms with Crippen molar-refractivity contribution in [3.63, 3.8) is 0 Å². The van der Waals surface area contributed by atoms with Gasteiger partial charge in [0.2, 0.25) is 5.56 Å². The maximum atomic E-state index is 11.8. The predicted molar refractivity (Wildman–Crippen MR) is 71.1 cm³/mol. The molecule has 0 saturated carbocycles. The Morgan fingerprint density at radius 2 is 2.37 bits per heavy atom. The van der Waals surface area contributed by atoms with E-state index >= 15 is 0 Å². The molecule has 19 heavy (non-hydrogen) atoms. The average molecular weight is 275 g/mol. The topological polar surface area (TPSA) is 95.1 Å². The number of aliphatic hydroxyl groups is 1. The molecule has 0 aliphatic carbocycles. The van der Waals surface area contributed by atoms with Crippen LogP contribution in [0.2, 0.25) is 0 Å². The van der Waals surface area contributed by atoms with Gasteiger partial charge < -0.3 is 10.1 Å². The van der Waals surface area contributed by atoms with Crippen molar-refractivity contribution in [2.75, 3.05) is 11.9 Å². The van der Waals surface area contributed by atoms with Gasteiger partial charge in [0.05, 0.1) is 16.6 Å². The number of aliphatic hydroxyl groups excluding tert-OH is 1. The second kappa shape index (κ2) is 5.95. The molecule has 0 aliphatic heterocycles. The van der Waals surface area contributed by atoms with E-state index in [4.69, 9.17) is 5.11 Å². The molecule has 2 aromatic heterocycles. The normalized spacial score (nSPS) is 9.53. The number of nitrogens with one attached hydrogen (secondary N) is 2. The molecule has 0 radical (unpaired) electrons. The summed E-state index contributed by atoms with van der Waals surface area (Å²) in [5, 5.41) is 11.6. The van der Waals surface area contributed by atoms with Crippen LogP contribution in [0.4, 0.5) is 5.13 Å². The lowest BCUT2D eigenvalue weighted by atomic mass is 10.3. The number of thiazole rings is 1. The number of carbonyl (C=O) groups is 1. The molecule has 0 spiro atoms. The van der Waals surface area contributed by atoms with Crippen LogP contribution in [0.25, 0.3) is 0 Å². The molecule has 0 bridgehead atoms. The first-order chi connectivity index (χ1) is 9.19. The van der Waals surface area contributed by atoms with Gasteiger partial charge in [-0.2, -0.15) is 0 Å². The van der Waals surface area contributed by atoms with Gasteiger partial charge in [-0.1, -0.05) is 23.2 Å². The average Bonchev–Trinajstić information content (AvgIpc) is 2.84. The Balaban J connectivity index is 2.08. The van der Waals surface area contributed by atoms with Gasteiger partial charge in [-0.3, -0.25) is 14.9 Å². The van der Waals surface area contributed by atoms with Gasteiger partial charge in [-0.05, 0) is 6.07 Å². The Morgan fingerprint density at radius 3 is 3.05 bits per heavy atom. The minimum atomic E-state index is -0.368. The largest absolute Gasteiger partial charge is 0.384 e. The summed E-state index contributed by atoms with van der Waals surface area (Å²) in [5.74, 6) is 4.82. The summed E-state index contributed by atoms with van der Waals surface area (Å²) < 4.78 is 0. The number of carbonyl (C=O) groups excluding carboxylic acids is 1. The summed E-state index contributed by atoms with van der Waals surface area (Å²) in [6.07, 6.45) is 2.84. The number of H-pyrrole nitrogens is 1. The van der Waals surface area contributed by atoms with Crippen LogP contribution in [0.1, 0.15) is 15.2 Å². The van der Waals surface area contributed by atoms with Crippen molar-refractivity contribution < 1.29 is 9.90 Å². The summed E-state index contributed by atoms with van der Waals surface area (Å²) in [6.45, 7) is -0.225. The van der Waals surface area contributed by atoms with E-state index in [1.54, 1.807) is 0 Å². The van der Waals surface area contributed by atoms with Crippen LogP contribution in [0.5, 0.6) is 0 Å². The van der Waals surface area contributed by atoms with Crippen molar-refractivity contribution in [1.29, 1.82) is 0 Å². The predicted octanol–water partition coefficient (Wildman–Crippen LogP) is 0.428. The zero-order valence-electron chi connectivity index (χ0n) is 9.64. The summed E-state index contributed by atoms with van der Waals surface area (Å²) >= 11 is 1.20. The van der Waals surface area contributed by atoms with E-state index in [1.807, 2.05) is 0 Å². The van der Waals surface area contributed by atoms with E-state index in [0.29, 0.717) is 15.6 Å². The van der Waals surface area contributed by atoms with Gasteiger partial charge in [0.25, 0.3) is 5.91 Å². The minimum absolute atomic E-state index is 0.225. The van der Waals surface area contributed by atoms with Crippen LogP contribution in [0.15, 0.2) is 29.3 Å². The molecule has 0 saturated heterocycles. The van der Waals surface area contributed by atoms with Gasteiger partial charge in [-0.25, -0.2) is 4.98 Å². The first-order valence-electron chi connectivity index (χ1n) is 5.24. The molecule has 96 valence electrons. The van der Waals surface area contributed by atoms with Gasteiger partial charge >= 0.3 is 0 Å². The van der Waals surface area contributed by atoms with Crippen molar-refractivity contribution in [3.8, 4) is 11.8 Å². The number of hydrogen-bond donors (Lipinski definition) is 3. The molecule has 2 aromatic rings. The standard InChI is InChI=1S/C12H9N3O3S/c16-5-1-2-9-7-14-12(19-9)15-11(18)8-3-4-10(17)13-6-8/h3-4,6-7,16H,5H2,(H,13,17)(H,14,15,18). The van der Waals surface area contributed by atoms with E-state index in [2.05, 4.69) is 27.1 Å². The molecule has 0 fully saturated rings. The quantitative estimate of drug-likeness (QED) is 0.692. The number of amides is 1. The van der Waals surface area contributed by atoms with Gasteiger partial charge in [-0.15, -0.1) is 0 Å². The molecular formula is C12H9N3O3S. The molecular weight excluding hydrogens is 266 g/mol. The Morgan fingerprint density at radius 1 is 1.53 bits per heavy atom. The van der Waals surface area contributed by atoms with E-state index in [9.17, 15) is 9.59 Å². The first-order valence-corrected chi connectivity index (χ1v) is 6.06. The van der Waals surface area contributed by atoms with E-state index < -0.39 is 0 Å². The third kappa shape index (κ3) is 3.51. The van der Waals surface area contributed by atoms with Crippen LogP contribution in [0, 0.1) is 11.8 Å². The molecule has 6 nitrogen and oxygen atoms in total. The zero-order valence-corrected chi connectivity index (χ0v) is 10.5. The Bertz CT molecular complexity index is 688. The van der Waals surface area contributed by atoms with Gasteiger partial charge in [0.15, 0.2) is 5.13 Å². The van der Waals surface area contributed by atoms with E-state index in [-0.39, 0.29) is 18.1 Å². The molecule has 0 aliphatic rings. The van der Waals surface area contributed by atoms with Gasteiger partial charge in [0, 0.05) is 12.3 Å². The van der Waals surface area contributed by atoms with Crippen molar-refractivity contribution in [2.24, 2.45) is 0 Å². The number of aromatic nitrogens is 2. The van der Waals surface area contributed by atoms with Crippen LogP contribution < -0.4 is 10.9 Å². The fourth-order valence-corrected chi connectivity index (χ4v) is 1.92. The van der Waals surface area contributed by atoms with Crippen molar-refractivity contribution in [2.45, 2.75) is 0 Å². The maximum absolute atomic E-state index is 11.8. The molecule has 7 heteroatoms. The van der Waals surface area contributed by atoms with Crippen LogP contribution in [0.3, 0.4) is 0 Å².